The molecule has 0 aliphatic carbocycles. The molecule has 0 aliphatic rings. The summed E-state index contributed by atoms with van der Waals surface area (Å²) < 4.78 is 14.9. The highest BCUT2D eigenvalue weighted by Crippen LogP contribution is 2.22. The summed E-state index contributed by atoms with van der Waals surface area (Å²) in [5, 5.41) is 19.3. The Hall–Kier alpha value is -3.94. The first-order chi connectivity index (χ1) is 14.2. The highest BCUT2D eigenvalue weighted by molar-refractivity contribution is 6.38. The molecular weight excluding hydrogens is 391 g/mol. The smallest absolute Gasteiger partial charge is 0.376 e. The van der Waals surface area contributed by atoms with Crippen molar-refractivity contribution in [2.45, 2.75) is 6.54 Å². The third-order valence-corrected chi connectivity index (χ3v) is 4.60. The van der Waals surface area contributed by atoms with Gasteiger partial charge in [-0.1, -0.05) is 12.1 Å². The Balaban J connectivity index is 2.24. The molecule has 3 rings (SSSR count). The molecule has 0 bridgehead atoms. The molecule has 0 unspecified atom stereocenters. The van der Waals surface area contributed by atoms with Crippen LogP contribution in [0.5, 0.6) is 0 Å². The molecule has 154 valence electrons. The number of carbonyl (C=O) groups excluding carboxylic acids is 1. The van der Waals surface area contributed by atoms with Crippen LogP contribution < -0.4 is 10.3 Å². The van der Waals surface area contributed by atoms with Crippen molar-refractivity contribution in [3.05, 3.63) is 81.9 Å². The zero-order valence-electron chi connectivity index (χ0n) is 16.3. The molecule has 3 aromatic rings. The zero-order chi connectivity index (χ0) is 22.0. The second kappa shape index (κ2) is 8.20. The number of carboxylic acids is 1. The first-order valence-electron chi connectivity index (χ1n) is 8.94. The van der Waals surface area contributed by atoms with Crippen LogP contribution in [-0.4, -0.2) is 40.6 Å². The molecule has 30 heavy (non-hydrogen) atoms. The van der Waals surface area contributed by atoms with Crippen LogP contribution in [-0.2, 0) is 16.1 Å². The predicted octanol–water partition coefficient (Wildman–Crippen LogP) is 2.81. The number of ketones is 1. The summed E-state index contributed by atoms with van der Waals surface area (Å²) in [6.45, 7) is 0.251. The largest absolute Gasteiger partial charge is 0.507 e. The molecule has 0 spiro atoms. The standard InChI is InChI=1S/C22H19FN2O5/c1-24(2)15-7-8-16-18(9-15)25(11-13-3-5-14(23)6-4-13)12-17(21(16)28)19(26)10-20(27)22(29)30/h3-10,12,26H,11H2,1-2H3,(H,29,30)/b19-10-. The van der Waals surface area contributed by atoms with Crippen molar-refractivity contribution in [1.29, 1.82) is 0 Å². The summed E-state index contributed by atoms with van der Waals surface area (Å²) in [6.07, 6.45) is 1.86. The lowest BCUT2D eigenvalue weighted by molar-refractivity contribution is -0.146. The molecule has 1 aromatic heterocycles. The fourth-order valence-electron chi connectivity index (χ4n) is 3.02. The van der Waals surface area contributed by atoms with E-state index in [0.717, 1.165) is 11.3 Å². The van der Waals surface area contributed by atoms with Crippen LogP contribution in [0.4, 0.5) is 10.1 Å². The number of carboxylic acid groups (broad SMARTS) is 1. The highest BCUT2D eigenvalue weighted by Gasteiger charge is 2.16. The van der Waals surface area contributed by atoms with Crippen LogP contribution in [0.2, 0.25) is 0 Å². The molecule has 2 N–H and O–H groups in total. The van der Waals surface area contributed by atoms with Crippen molar-refractivity contribution >= 4 is 34.1 Å². The topological polar surface area (TPSA) is 99.8 Å². The average Bonchev–Trinajstić information content (AvgIpc) is 2.71. The molecule has 8 heteroatoms. The minimum absolute atomic E-state index is 0.211. The fraction of sp³-hybridized carbons (Fsp3) is 0.136. The number of fused-ring (bicyclic) bond motifs is 1. The number of benzene rings is 2. The number of aliphatic carboxylic acids is 1. The number of pyridine rings is 1. The van der Waals surface area contributed by atoms with Crippen molar-refractivity contribution in [1.82, 2.24) is 4.57 Å². The molecule has 0 amide bonds. The minimum Gasteiger partial charge on any atom is -0.507 e. The third-order valence-electron chi connectivity index (χ3n) is 4.60. The van der Waals surface area contributed by atoms with Gasteiger partial charge in [-0.25, -0.2) is 9.18 Å². The van der Waals surface area contributed by atoms with Gasteiger partial charge in [0.05, 0.1) is 11.1 Å². The number of hydrogen-bond acceptors (Lipinski definition) is 5. The van der Waals surface area contributed by atoms with E-state index >= 15 is 0 Å². The van der Waals surface area contributed by atoms with Gasteiger partial charge in [0.15, 0.2) is 5.43 Å². The van der Waals surface area contributed by atoms with Crippen LogP contribution in [0.15, 0.2) is 59.5 Å². The highest BCUT2D eigenvalue weighted by atomic mass is 19.1. The van der Waals surface area contributed by atoms with Gasteiger partial charge >= 0.3 is 5.97 Å². The molecule has 0 aliphatic heterocycles. The van der Waals surface area contributed by atoms with E-state index in [-0.39, 0.29) is 23.3 Å². The number of anilines is 1. The van der Waals surface area contributed by atoms with E-state index in [2.05, 4.69) is 0 Å². The number of halogens is 1. The maximum atomic E-state index is 13.3. The van der Waals surface area contributed by atoms with E-state index in [0.29, 0.717) is 11.6 Å². The number of nitrogens with zero attached hydrogens (tertiary/aromatic N) is 2. The zero-order valence-corrected chi connectivity index (χ0v) is 16.3. The number of hydrogen-bond donors (Lipinski definition) is 2. The van der Waals surface area contributed by atoms with Crippen LogP contribution in [0.1, 0.15) is 11.1 Å². The second-order valence-electron chi connectivity index (χ2n) is 6.92. The Kier molecular flexibility index (Phi) is 5.68. The maximum Gasteiger partial charge on any atom is 0.376 e. The first-order valence-corrected chi connectivity index (χ1v) is 8.94. The summed E-state index contributed by atoms with van der Waals surface area (Å²) in [4.78, 5) is 37.0. The Morgan fingerprint density at radius 2 is 1.77 bits per heavy atom. The molecule has 0 radical (unpaired) electrons. The van der Waals surface area contributed by atoms with Gasteiger partial charge < -0.3 is 19.7 Å². The fourth-order valence-corrected chi connectivity index (χ4v) is 3.02. The average molecular weight is 410 g/mol. The van der Waals surface area contributed by atoms with Gasteiger partial charge in [0.1, 0.15) is 11.6 Å². The van der Waals surface area contributed by atoms with E-state index < -0.39 is 22.9 Å². The number of rotatable bonds is 6. The summed E-state index contributed by atoms with van der Waals surface area (Å²) in [7, 11) is 3.70. The Labute approximate surface area is 170 Å². The van der Waals surface area contributed by atoms with Gasteiger partial charge in [-0.3, -0.25) is 9.59 Å². The molecule has 0 fully saturated rings. The van der Waals surface area contributed by atoms with Gasteiger partial charge in [0.25, 0.3) is 5.78 Å². The first kappa shape index (κ1) is 20.8. The Bertz CT molecular complexity index is 1230. The maximum absolute atomic E-state index is 13.3. The van der Waals surface area contributed by atoms with Gasteiger partial charge in [0, 0.05) is 44.0 Å². The van der Waals surface area contributed by atoms with E-state index in [1.807, 2.05) is 19.0 Å². The Morgan fingerprint density at radius 3 is 2.37 bits per heavy atom. The summed E-state index contributed by atoms with van der Waals surface area (Å²) in [5.74, 6) is -4.21. The molecule has 0 saturated heterocycles. The molecular formula is C22H19FN2O5. The van der Waals surface area contributed by atoms with Crippen molar-refractivity contribution in [3.63, 3.8) is 0 Å². The van der Waals surface area contributed by atoms with Crippen LogP contribution in [0.3, 0.4) is 0 Å². The quantitative estimate of drug-likeness (QED) is 0.368. The lowest BCUT2D eigenvalue weighted by Gasteiger charge is -2.17. The van der Waals surface area contributed by atoms with Crippen molar-refractivity contribution in [2.75, 3.05) is 19.0 Å². The summed E-state index contributed by atoms with van der Waals surface area (Å²) >= 11 is 0. The van der Waals surface area contributed by atoms with E-state index in [9.17, 15) is 23.9 Å². The lowest BCUT2D eigenvalue weighted by Crippen LogP contribution is -2.17. The van der Waals surface area contributed by atoms with Crippen molar-refractivity contribution in [3.8, 4) is 0 Å². The van der Waals surface area contributed by atoms with Gasteiger partial charge in [-0.05, 0) is 35.9 Å². The van der Waals surface area contributed by atoms with Crippen molar-refractivity contribution < 1.29 is 24.2 Å². The van der Waals surface area contributed by atoms with Gasteiger partial charge in [-0.2, -0.15) is 0 Å². The monoisotopic (exact) mass is 410 g/mol. The Morgan fingerprint density at radius 1 is 1.10 bits per heavy atom. The minimum atomic E-state index is -1.75. The number of carbonyl (C=O) groups is 2. The van der Waals surface area contributed by atoms with E-state index in [4.69, 9.17) is 5.11 Å². The predicted molar refractivity (Wildman–Crippen MR) is 111 cm³/mol. The second-order valence-corrected chi connectivity index (χ2v) is 6.92. The lowest BCUT2D eigenvalue weighted by atomic mass is 10.1. The SMILES string of the molecule is CN(C)c1ccc2c(=O)c(/C(O)=C/C(=O)C(=O)O)cn(Cc3ccc(F)cc3)c2c1. The van der Waals surface area contributed by atoms with E-state index in [1.165, 1.54) is 18.3 Å². The summed E-state index contributed by atoms with van der Waals surface area (Å²) in [5.41, 5.74) is 1.39. The van der Waals surface area contributed by atoms with Crippen LogP contribution in [0.25, 0.3) is 16.7 Å². The third kappa shape index (κ3) is 4.22. The van der Waals surface area contributed by atoms with Gasteiger partial charge in [-0.15, -0.1) is 0 Å². The number of aliphatic hydroxyl groups excluding tert-OH is 1. The van der Waals surface area contributed by atoms with Gasteiger partial charge in [0.2, 0.25) is 0 Å². The van der Waals surface area contributed by atoms with Crippen molar-refractivity contribution in [2.24, 2.45) is 0 Å². The molecule has 2 aromatic carbocycles. The van der Waals surface area contributed by atoms with Crippen LogP contribution >= 0.6 is 0 Å². The normalized spacial score (nSPS) is 11.5. The van der Waals surface area contributed by atoms with Crippen LogP contribution in [0, 0.1) is 5.82 Å². The molecule has 7 nitrogen and oxygen atoms in total. The number of aliphatic hydroxyl groups is 1. The molecule has 1 heterocycles. The molecule has 0 saturated carbocycles. The summed E-state index contributed by atoms with van der Waals surface area (Å²) in [6, 6.07) is 11.0. The van der Waals surface area contributed by atoms with E-state index in [1.54, 1.807) is 34.9 Å². The molecule has 0 atom stereocenters. The number of aromatic nitrogens is 1.